The maximum Gasteiger partial charge on any atom is 0.255 e. The number of β-amino-alcohol motifs (C(OH)–C–C–N with tert-alkyl or cyclic N) is 1. The zero-order chi connectivity index (χ0) is 44.6. The first kappa shape index (κ1) is 42.4. The summed E-state index contributed by atoms with van der Waals surface area (Å²) in [5.74, 6) is -0.674. The lowest BCUT2D eigenvalue weighted by atomic mass is 10.0. The lowest BCUT2D eigenvalue weighted by Crippen LogP contribution is -2.52. The Kier molecular flexibility index (Phi) is 11.8. The number of anilines is 2. The summed E-state index contributed by atoms with van der Waals surface area (Å²) in [5, 5.41) is 25.8. The van der Waals surface area contributed by atoms with Gasteiger partial charge in [0, 0.05) is 119 Å². The van der Waals surface area contributed by atoms with Crippen molar-refractivity contribution >= 4 is 34.9 Å². The van der Waals surface area contributed by atoms with Crippen LogP contribution in [0.1, 0.15) is 45.7 Å². The summed E-state index contributed by atoms with van der Waals surface area (Å²) in [4.78, 5) is 53.6. The average molecular weight is 881 g/mol. The van der Waals surface area contributed by atoms with Gasteiger partial charge in [0.25, 0.3) is 5.91 Å². The highest BCUT2D eigenvalue weighted by molar-refractivity contribution is 6.06. The normalized spacial score (nSPS) is 18.5. The highest BCUT2D eigenvalue weighted by Crippen LogP contribution is 2.36. The van der Waals surface area contributed by atoms with Crippen LogP contribution in [0.2, 0.25) is 0 Å². The number of carbonyl (C=O) groups excluding carboxylic acids is 3. The number of aryl methyl sites for hydroxylation is 3. The van der Waals surface area contributed by atoms with Crippen LogP contribution in [0.3, 0.4) is 0 Å². The molecule has 0 aliphatic carbocycles. The Hall–Kier alpha value is -6.56. The van der Waals surface area contributed by atoms with Crippen molar-refractivity contribution in [2.45, 2.75) is 51.7 Å². The highest BCUT2D eigenvalue weighted by atomic mass is 19.1. The minimum absolute atomic E-state index is 0.157. The first-order valence-electron chi connectivity index (χ1n) is 22.7. The van der Waals surface area contributed by atoms with Crippen LogP contribution >= 0.6 is 0 Å². The van der Waals surface area contributed by atoms with Gasteiger partial charge < -0.3 is 19.8 Å². The topological polar surface area (TPSA) is 161 Å². The molecule has 6 aromatic rings. The predicted octanol–water partition coefficient (Wildman–Crippen LogP) is 3.59. The smallest absolute Gasteiger partial charge is 0.255 e. The number of imide groups is 1. The van der Waals surface area contributed by atoms with E-state index in [1.807, 2.05) is 40.5 Å². The summed E-state index contributed by atoms with van der Waals surface area (Å²) < 4.78 is 18.8. The molecular weight excluding hydrogens is 828 g/mol. The fourth-order valence-corrected chi connectivity index (χ4v) is 9.83. The molecule has 3 fully saturated rings. The minimum Gasteiger partial charge on any atom is -0.395 e. The summed E-state index contributed by atoms with van der Waals surface area (Å²) in [6, 6.07) is 23.1. The molecule has 4 aliphatic rings. The first-order valence-corrected chi connectivity index (χ1v) is 22.7. The van der Waals surface area contributed by atoms with Crippen LogP contribution in [-0.4, -0.2) is 145 Å². The van der Waals surface area contributed by atoms with E-state index in [0.29, 0.717) is 31.9 Å². The number of carbonyl (C=O) groups is 3. The molecule has 3 aromatic carbocycles. The first-order chi connectivity index (χ1) is 31.7. The van der Waals surface area contributed by atoms with Gasteiger partial charge in [-0.2, -0.15) is 9.61 Å². The van der Waals surface area contributed by atoms with Gasteiger partial charge >= 0.3 is 0 Å². The quantitative estimate of drug-likeness (QED) is 0.163. The summed E-state index contributed by atoms with van der Waals surface area (Å²) in [6.07, 6.45) is 3.98. The third kappa shape index (κ3) is 8.70. The molecule has 336 valence electrons. The molecule has 0 saturated carbocycles. The molecule has 1 atom stereocenters. The lowest BCUT2D eigenvalue weighted by molar-refractivity contribution is -0.136. The van der Waals surface area contributed by atoms with Gasteiger partial charge in [-0.25, -0.2) is 9.37 Å². The maximum absolute atomic E-state index is 14.9. The number of nitrogens with zero attached hydrogens (tertiary/aromatic N) is 11. The van der Waals surface area contributed by atoms with Gasteiger partial charge in [0.2, 0.25) is 11.8 Å². The zero-order valence-electron chi connectivity index (χ0n) is 36.6. The predicted molar refractivity (Wildman–Crippen MR) is 243 cm³/mol. The van der Waals surface area contributed by atoms with Crippen molar-refractivity contribution in [3.05, 3.63) is 113 Å². The summed E-state index contributed by atoms with van der Waals surface area (Å²) in [5.41, 5.74) is 9.60. The molecule has 3 amide bonds. The molecule has 0 spiro atoms. The zero-order valence-corrected chi connectivity index (χ0v) is 36.6. The van der Waals surface area contributed by atoms with E-state index in [4.69, 9.17) is 10.1 Å². The van der Waals surface area contributed by atoms with E-state index in [-0.39, 0.29) is 43.4 Å². The van der Waals surface area contributed by atoms with Crippen LogP contribution in [-0.2, 0) is 35.5 Å². The lowest BCUT2D eigenvalue weighted by Gasteiger charge is -2.37. The van der Waals surface area contributed by atoms with E-state index in [2.05, 4.69) is 77.7 Å². The van der Waals surface area contributed by atoms with Crippen molar-refractivity contribution in [2.75, 3.05) is 81.9 Å². The number of aromatic nitrogens is 6. The summed E-state index contributed by atoms with van der Waals surface area (Å²) in [6.45, 7) is 10.8. The Morgan fingerprint density at radius 1 is 0.815 bits per heavy atom. The maximum atomic E-state index is 14.9. The van der Waals surface area contributed by atoms with Gasteiger partial charge in [-0.3, -0.25) is 34.2 Å². The van der Waals surface area contributed by atoms with E-state index in [1.165, 1.54) is 22.6 Å². The number of aliphatic hydroxyl groups is 1. The van der Waals surface area contributed by atoms with Gasteiger partial charge in [-0.1, -0.05) is 53.7 Å². The van der Waals surface area contributed by atoms with Crippen molar-refractivity contribution in [2.24, 2.45) is 0 Å². The highest BCUT2D eigenvalue weighted by Gasteiger charge is 2.41. The van der Waals surface area contributed by atoms with Gasteiger partial charge in [0.05, 0.1) is 30.2 Å². The Balaban J connectivity index is 0.773. The monoisotopic (exact) mass is 880 g/mol. The Morgan fingerprint density at radius 3 is 2.34 bits per heavy atom. The van der Waals surface area contributed by atoms with Crippen LogP contribution in [0.15, 0.2) is 79.0 Å². The van der Waals surface area contributed by atoms with E-state index < -0.39 is 17.8 Å². The second-order valence-electron chi connectivity index (χ2n) is 17.5. The molecule has 7 heterocycles. The van der Waals surface area contributed by atoms with Crippen molar-refractivity contribution in [3.63, 3.8) is 0 Å². The average Bonchev–Trinajstić information content (AvgIpc) is 4.02. The molecule has 65 heavy (non-hydrogen) atoms. The molecular formula is C48H53FN12O4. The van der Waals surface area contributed by atoms with Crippen LogP contribution in [0, 0.1) is 12.7 Å². The Labute approximate surface area is 376 Å². The number of aliphatic hydroxyl groups excluding tert-OH is 1. The Bertz CT molecular complexity index is 2740. The molecule has 0 radical (unpaired) electrons. The van der Waals surface area contributed by atoms with E-state index in [9.17, 15) is 23.9 Å². The largest absolute Gasteiger partial charge is 0.395 e. The van der Waals surface area contributed by atoms with Crippen molar-refractivity contribution in [3.8, 4) is 22.4 Å². The number of hydrogen-bond donors (Lipinski definition) is 2. The molecule has 17 heteroatoms. The molecule has 16 nitrogen and oxygen atoms in total. The van der Waals surface area contributed by atoms with Gasteiger partial charge in [-0.05, 0) is 55.5 Å². The van der Waals surface area contributed by atoms with Gasteiger partial charge in [0.15, 0.2) is 5.65 Å². The van der Waals surface area contributed by atoms with Gasteiger partial charge in [0.1, 0.15) is 17.7 Å². The van der Waals surface area contributed by atoms with Crippen molar-refractivity contribution < 1.29 is 23.9 Å². The number of piperazine rings is 2. The van der Waals surface area contributed by atoms with E-state index in [0.717, 1.165) is 109 Å². The minimum atomic E-state index is -0.749. The number of benzene rings is 3. The third-order valence-corrected chi connectivity index (χ3v) is 13.4. The molecule has 3 saturated heterocycles. The molecule has 0 bridgehead atoms. The molecule has 1 unspecified atom stereocenters. The standard InChI is InChI=1S/C48H53FN12O4/c1-32-45(34-7-3-2-4-8-34)46-50-40(29-44(61(46)53-32)58-21-16-56(17-22-58)24-25-62)35-9-5-6-33(26-35)10-11-37-30-59(54-52-37)23-18-55-14-19-57(20-15-55)42-28-36(49)27-38-39(42)31-60(48(38)65)41-12-13-43(63)51-47(41)64/h2-9,26-30,41,62H,10-25,31H2,1H3,(H,51,63,64). The number of nitrogens with one attached hydrogen (secondary N) is 1. The number of rotatable bonds is 13. The summed E-state index contributed by atoms with van der Waals surface area (Å²) in [7, 11) is 0. The SMILES string of the molecule is Cc1nn2c(N3CCN(CCO)CC3)cc(-c3cccc(CCc4cn(CCN5CCN(c6cc(F)cc7c6CN(C6CCC(=O)NC6=O)C7=O)CC5)nn4)c3)nc2c1-c1ccccc1. The number of halogens is 1. The van der Waals surface area contributed by atoms with E-state index >= 15 is 0 Å². The molecule has 4 aliphatic heterocycles. The van der Waals surface area contributed by atoms with Crippen LogP contribution in [0.5, 0.6) is 0 Å². The fraction of sp³-hybridized carbons (Fsp3) is 0.396. The van der Waals surface area contributed by atoms with Gasteiger partial charge in [-0.15, -0.1) is 5.10 Å². The number of fused-ring (bicyclic) bond motifs is 2. The van der Waals surface area contributed by atoms with Crippen molar-refractivity contribution in [1.29, 1.82) is 0 Å². The second-order valence-corrected chi connectivity index (χ2v) is 17.5. The number of amides is 3. The van der Waals surface area contributed by atoms with Crippen LogP contribution in [0.4, 0.5) is 15.9 Å². The fourth-order valence-electron chi connectivity index (χ4n) is 9.83. The molecule has 10 rings (SSSR count). The molecule has 3 aromatic heterocycles. The molecule has 2 N–H and O–H groups in total. The van der Waals surface area contributed by atoms with Crippen LogP contribution in [0.25, 0.3) is 28.0 Å². The van der Waals surface area contributed by atoms with Crippen molar-refractivity contribution in [1.82, 2.24) is 49.6 Å². The third-order valence-electron chi connectivity index (χ3n) is 13.4. The van der Waals surface area contributed by atoms with Crippen LogP contribution < -0.4 is 15.1 Å². The number of hydrogen-bond acceptors (Lipinski definition) is 12. The van der Waals surface area contributed by atoms with E-state index in [1.54, 1.807) is 0 Å². The summed E-state index contributed by atoms with van der Waals surface area (Å²) >= 11 is 0. The number of piperidine rings is 1. The second kappa shape index (κ2) is 18.1. The Morgan fingerprint density at radius 2 is 1.57 bits per heavy atom.